The van der Waals surface area contributed by atoms with E-state index in [1.807, 2.05) is 0 Å². The minimum Gasteiger partial charge on any atom is -0.375 e. The van der Waals surface area contributed by atoms with E-state index in [-0.39, 0.29) is 5.69 Å². The molecule has 3 nitrogen and oxygen atoms in total. The molecule has 0 saturated carbocycles. The lowest BCUT2D eigenvalue weighted by atomic mass is 10.3. The smallest absolute Gasteiger partial charge is 0.180 e. The topological polar surface area (TPSA) is 51.8 Å². The predicted octanol–water partition coefficient (Wildman–Crippen LogP) is 2.57. The lowest BCUT2D eigenvalue weighted by Crippen LogP contribution is -1.89. The highest BCUT2D eigenvalue weighted by molar-refractivity contribution is 7.13. The molecule has 0 radical (unpaired) electrons. The van der Waals surface area contributed by atoms with Crippen LogP contribution < -0.4 is 5.73 Å². The SMILES string of the molecule is Nc1nc(C=Cc2ncc(F)cc2F)cs1. The Morgan fingerprint density at radius 1 is 1.31 bits per heavy atom. The van der Waals surface area contributed by atoms with Gasteiger partial charge < -0.3 is 5.73 Å². The van der Waals surface area contributed by atoms with Crippen LogP contribution in [0.5, 0.6) is 0 Å². The van der Waals surface area contributed by atoms with Crippen molar-refractivity contribution in [3.8, 4) is 0 Å². The molecule has 0 aliphatic heterocycles. The van der Waals surface area contributed by atoms with Gasteiger partial charge >= 0.3 is 0 Å². The van der Waals surface area contributed by atoms with E-state index in [2.05, 4.69) is 9.97 Å². The maximum absolute atomic E-state index is 13.2. The van der Waals surface area contributed by atoms with Gasteiger partial charge in [0, 0.05) is 11.4 Å². The third kappa shape index (κ3) is 2.40. The second-order valence-corrected chi connectivity index (χ2v) is 3.85. The van der Waals surface area contributed by atoms with Gasteiger partial charge in [-0.3, -0.25) is 4.98 Å². The van der Waals surface area contributed by atoms with E-state index in [4.69, 9.17) is 5.73 Å². The summed E-state index contributed by atoms with van der Waals surface area (Å²) in [5.74, 6) is -1.41. The maximum Gasteiger partial charge on any atom is 0.180 e. The van der Waals surface area contributed by atoms with E-state index in [0.717, 1.165) is 12.3 Å². The largest absolute Gasteiger partial charge is 0.375 e. The normalized spacial score (nSPS) is 11.1. The molecule has 0 aliphatic carbocycles. The second kappa shape index (κ2) is 4.36. The van der Waals surface area contributed by atoms with Crippen LogP contribution in [0.1, 0.15) is 11.4 Å². The standard InChI is InChI=1S/C10H7F2N3S/c11-6-3-8(12)9(14-4-6)2-1-7-5-16-10(13)15-7/h1-5H,(H2,13,15). The zero-order valence-electron chi connectivity index (χ0n) is 8.02. The first-order chi connectivity index (χ1) is 7.65. The van der Waals surface area contributed by atoms with Crippen molar-refractivity contribution in [1.29, 1.82) is 0 Å². The summed E-state index contributed by atoms with van der Waals surface area (Å²) in [7, 11) is 0. The molecular formula is C10H7F2N3S. The fourth-order valence-corrected chi connectivity index (χ4v) is 1.62. The summed E-state index contributed by atoms with van der Waals surface area (Å²) in [5, 5.41) is 2.17. The Balaban J connectivity index is 2.23. The maximum atomic E-state index is 13.2. The molecule has 16 heavy (non-hydrogen) atoms. The number of hydrogen-bond donors (Lipinski definition) is 1. The number of halogens is 2. The van der Waals surface area contributed by atoms with Gasteiger partial charge in [-0.1, -0.05) is 0 Å². The van der Waals surface area contributed by atoms with Crippen LogP contribution in [-0.4, -0.2) is 9.97 Å². The first kappa shape index (κ1) is 10.7. The van der Waals surface area contributed by atoms with Gasteiger partial charge in [0.2, 0.25) is 0 Å². The van der Waals surface area contributed by atoms with Gasteiger partial charge in [0.25, 0.3) is 0 Å². The Morgan fingerprint density at radius 2 is 2.12 bits per heavy atom. The summed E-state index contributed by atoms with van der Waals surface area (Å²) < 4.78 is 25.7. The van der Waals surface area contributed by atoms with Crippen molar-refractivity contribution >= 4 is 28.6 Å². The Bertz CT molecular complexity index is 537. The molecule has 0 bridgehead atoms. The van der Waals surface area contributed by atoms with E-state index >= 15 is 0 Å². The minimum absolute atomic E-state index is 0.0629. The van der Waals surface area contributed by atoms with Gasteiger partial charge in [0.15, 0.2) is 10.9 Å². The number of rotatable bonds is 2. The lowest BCUT2D eigenvalue weighted by Gasteiger charge is -1.94. The second-order valence-electron chi connectivity index (χ2n) is 2.96. The number of aromatic nitrogens is 2. The Hall–Kier alpha value is -1.82. The van der Waals surface area contributed by atoms with Crippen LogP contribution in [0.25, 0.3) is 12.2 Å². The van der Waals surface area contributed by atoms with E-state index in [1.54, 1.807) is 11.5 Å². The number of nitrogens with zero attached hydrogens (tertiary/aromatic N) is 2. The molecule has 0 saturated heterocycles. The molecule has 0 aliphatic rings. The molecule has 2 aromatic rings. The summed E-state index contributed by atoms with van der Waals surface area (Å²) >= 11 is 1.29. The van der Waals surface area contributed by atoms with Gasteiger partial charge in [-0.15, -0.1) is 11.3 Å². The van der Waals surface area contributed by atoms with E-state index in [1.165, 1.54) is 17.4 Å². The van der Waals surface area contributed by atoms with Crippen molar-refractivity contribution in [3.05, 3.63) is 40.7 Å². The van der Waals surface area contributed by atoms with Gasteiger partial charge in [0.05, 0.1) is 17.6 Å². The minimum atomic E-state index is -0.709. The van der Waals surface area contributed by atoms with Crippen LogP contribution in [0.2, 0.25) is 0 Å². The summed E-state index contributed by atoms with van der Waals surface area (Å²) in [6.07, 6.45) is 3.94. The molecule has 0 atom stereocenters. The molecule has 82 valence electrons. The van der Waals surface area contributed by atoms with Crippen LogP contribution in [0.15, 0.2) is 17.6 Å². The first-order valence-electron chi connectivity index (χ1n) is 4.35. The molecule has 0 aromatic carbocycles. The molecule has 0 spiro atoms. The Morgan fingerprint density at radius 3 is 2.75 bits per heavy atom. The highest BCUT2D eigenvalue weighted by atomic mass is 32.1. The molecular weight excluding hydrogens is 232 g/mol. The summed E-state index contributed by atoms with van der Waals surface area (Å²) in [4.78, 5) is 7.57. The molecule has 0 unspecified atom stereocenters. The molecule has 2 aromatic heterocycles. The quantitative estimate of drug-likeness (QED) is 0.876. The Labute approximate surface area is 94.3 Å². The molecule has 2 heterocycles. The number of hydrogen-bond acceptors (Lipinski definition) is 4. The average molecular weight is 239 g/mol. The number of nitrogens with two attached hydrogens (primary N) is 1. The zero-order chi connectivity index (χ0) is 11.5. The highest BCUT2D eigenvalue weighted by Gasteiger charge is 2.02. The summed E-state index contributed by atoms with van der Waals surface area (Å²) in [5.41, 5.74) is 6.11. The van der Waals surface area contributed by atoms with Crippen LogP contribution in [-0.2, 0) is 0 Å². The Kier molecular flexibility index (Phi) is 2.91. The molecule has 2 N–H and O–H groups in total. The van der Waals surface area contributed by atoms with Crippen molar-refractivity contribution < 1.29 is 8.78 Å². The zero-order valence-corrected chi connectivity index (χ0v) is 8.84. The molecule has 6 heteroatoms. The summed E-state index contributed by atoms with van der Waals surface area (Å²) in [6, 6.07) is 0.780. The van der Waals surface area contributed by atoms with E-state index in [0.29, 0.717) is 10.8 Å². The fraction of sp³-hybridized carbons (Fsp3) is 0. The van der Waals surface area contributed by atoms with Crippen molar-refractivity contribution in [1.82, 2.24) is 9.97 Å². The van der Waals surface area contributed by atoms with Crippen molar-refractivity contribution in [2.45, 2.75) is 0 Å². The first-order valence-corrected chi connectivity index (χ1v) is 5.23. The van der Waals surface area contributed by atoms with Gasteiger partial charge in [-0.2, -0.15) is 0 Å². The van der Waals surface area contributed by atoms with E-state index < -0.39 is 11.6 Å². The summed E-state index contributed by atoms with van der Waals surface area (Å²) in [6.45, 7) is 0. The molecule has 2 rings (SSSR count). The van der Waals surface area contributed by atoms with Crippen LogP contribution in [0, 0.1) is 11.6 Å². The van der Waals surface area contributed by atoms with Crippen molar-refractivity contribution in [2.75, 3.05) is 5.73 Å². The van der Waals surface area contributed by atoms with Crippen LogP contribution in [0.4, 0.5) is 13.9 Å². The molecule has 0 fully saturated rings. The van der Waals surface area contributed by atoms with Crippen molar-refractivity contribution in [3.63, 3.8) is 0 Å². The molecule has 0 amide bonds. The van der Waals surface area contributed by atoms with Crippen LogP contribution >= 0.6 is 11.3 Å². The number of thiazole rings is 1. The third-order valence-corrected chi connectivity index (χ3v) is 2.48. The lowest BCUT2D eigenvalue weighted by molar-refractivity contribution is 0.571. The van der Waals surface area contributed by atoms with Crippen molar-refractivity contribution in [2.24, 2.45) is 0 Å². The monoisotopic (exact) mass is 239 g/mol. The average Bonchev–Trinajstić information content (AvgIpc) is 2.63. The van der Waals surface area contributed by atoms with Gasteiger partial charge in [-0.05, 0) is 12.2 Å². The number of nitrogen functional groups attached to an aromatic ring is 1. The predicted molar refractivity (Wildman–Crippen MR) is 59.6 cm³/mol. The highest BCUT2D eigenvalue weighted by Crippen LogP contribution is 2.14. The van der Waals surface area contributed by atoms with Gasteiger partial charge in [0.1, 0.15) is 5.82 Å². The fourth-order valence-electron chi connectivity index (χ4n) is 1.09. The van der Waals surface area contributed by atoms with Gasteiger partial charge in [-0.25, -0.2) is 13.8 Å². The third-order valence-electron chi connectivity index (χ3n) is 1.79. The van der Waals surface area contributed by atoms with Crippen LogP contribution in [0.3, 0.4) is 0 Å². The number of anilines is 1. The number of pyridine rings is 1. The van der Waals surface area contributed by atoms with E-state index in [9.17, 15) is 8.78 Å².